The molecule has 19 heavy (non-hydrogen) atoms. The number of hydrogen-bond donors (Lipinski definition) is 0. The first-order valence-corrected chi connectivity index (χ1v) is 5.80. The van der Waals surface area contributed by atoms with Crippen molar-refractivity contribution in [2.45, 2.75) is 0 Å². The third-order valence-electron chi connectivity index (χ3n) is 2.20. The molecule has 2 aromatic carbocycles. The Morgan fingerprint density at radius 1 is 1.16 bits per heavy atom. The summed E-state index contributed by atoms with van der Waals surface area (Å²) in [5.74, 6) is -1.01. The minimum atomic E-state index is -0.976. The second-order valence-electron chi connectivity index (χ2n) is 3.55. The maximum absolute atomic E-state index is 13.4. The molecule has 0 amide bonds. The van der Waals surface area contributed by atoms with Crippen molar-refractivity contribution in [1.82, 2.24) is 0 Å². The van der Waals surface area contributed by atoms with Crippen LogP contribution in [0.1, 0.15) is 0 Å². The fourth-order valence-electron chi connectivity index (χ4n) is 1.47. The molecule has 0 aliphatic carbocycles. The molecule has 2 rings (SSSR count). The van der Waals surface area contributed by atoms with E-state index in [0.29, 0.717) is 10.0 Å². The first-order valence-electron chi connectivity index (χ1n) is 5.04. The van der Waals surface area contributed by atoms with E-state index in [-0.39, 0.29) is 11.5 Å². The van der Waals surface area contributed by atoms with Gasteiger partial charge in [-0.3, -0.25) is 10.1 Å². The van der Waals surface area contributed by atoms with Gasteiger partial charge in [0.1, 0.15) is 5.75 Å². The molecule has 0 N–H and O–H groups in total. The standard InChI is InChI=1S/C12H6Cl2FNO3/c13-7-4-8(14)6-9(5-7)19-11-3-1-2-10(15)12(11)16(17)18/h1-6H. The molecule has 0 atom stereocenters. The van der Waals surface area contributed by atoms with Crippen molar-refractivity contribution in [1.29, 1.82) is 0 Å². The lowest BCUT2D eigenvalue weighted by Crippen LogP contribution is -1.96. The summed E-state index contributed by atoms with van der Waals surface area (Å²) in [5.41, 5.74) is -0.737. The molecule has 0 saturated carbocycles. The topological polar surface area (TPSA) is 52.4 Å². The zero-order chi connectivity index (χ0) is 14.0. The van der Waals surface area contributed by atoms with Gasteiger partial charge in [-0.15, -0.1) is 0 Å². The highest BCUT2D eigenvalue weighted by molar-refractivity contribution is 6.34. The highest BCUT2D eigenvalue weighted by atomic mass is 35.5. The minimum Gasteiger partial charge on any atom is -0.450 e. The molecule has 98 valence electrons. The fourth-order valence-corrected chi connectivity index (χ4v) is 1.98. The lowest BCUT2D eigenvalue weighted by atomic mass is 10.3. The van der Waals surface area contributed by atoms with Crippen molar-refractivity contribution in [2.75, 3.05) is 0 Å². The normalized spacial score (nSPS) is 10.3. The van der Waals surface area contributed by atoms with Crippen molar-refractivity contribution in [3.63, 3.8) is 0 Å². The minimum absolute atomic E-state index is 0.186. The summed E-state index contributed by atoms with van der Waals surface area (Å²) >= 11 is 11.6. The Hall–Kier alpha value is -1.85. The van der Waals surface area contributed by atoms with E-state index in [9.17, 15) is 14.5 Å². The Balaban J connectivity index is 2.43. The number of hydrogen-bond acceptors (Lipinski definition) is 3. The van der Waals surface area contributed by atoms with Crippen molar-refractivity contribution in [3.05, 3.63) is 62.4 Å². The van der Waals surface area contributed by atoms with Crippen molar-refractivity contribution in [3.8, 4) is 11.5 Å². The fraction of sp³-hybridized carbons (Fsp3) is 0. The summed E-state index contributed by atoms with van der Waals surface area (Å²) in [7, 11) is 0. The van der Waals surface area contributed by atoms with Gasteiger partial charge in [-0.2, -0.15) is 4.39 Å². The zero-order valence-corrected chi connectivity index (χ0v) is 10.8. The van der Waals surface area contributed by atoms with Gasteiger partial charge in [0.25, 0.3) is 0 Å². The van der Waals surface area contributed by atoms with E-state index in [4.69, 9.17) is 27.9 Å². The van der Waals surface area contributed by atoms with Crippen molar-refractivity contribution in [2.24, 2.45) is 0 Å². The van der Waals surface area contributed by atoms with E-state index in [2.05, 4.69) is 0 Å². The Labute approximate surface area is 117 Å². The molecular formula is C12H6Cl2FNO3. The molecule has 4 nitrogen and oxygen atoms in total. The highest BCUT2D eigenvalue weighted by Gasteiger charge is 2.21. The van der Waals surface area contributed by atoms with Gasteiger partial charge in [0.2, 0.25) is 11.6 Å². The number of nitrogens with zero attached hydrogens (tertiary/aromatic N) is 1. The van der Waals surface area contributed by atoms with Gasteiger partial charge in [-0.25, -0.2) is 0 Å². The number of ether oxygens (including phenoxy) is 1. The Morgan fingerprint density at radius 3 is 2.37 bits per heavy atom. The molecule has 0 radical (unpaired) electrons. The molecule has 0 fully saturated rings. The van der Waals surface area contributed by atoms with Gasteiger partial charge < -0.3 is 4.74 Å². The third-order valence-corrected chi connectivity index (χ3v) is 2.63. The van der Waals surface area contributed by atoms with Crippen LogP contribution in [0.25, 0.3) is 0 Å². The Bertz CT molecular complexity index is 629. The van der Waals surface area contributed by atoms with E-state index in [1.807, 2.05) is 0 Å². The van der Waals surface area contributed by atoms with Gasteiger partial charge in [0.05, 0.1) is 4.92 Å². The highest BCUT2D eigenvalue weighted by Crippen LogP contribution is 2.35. The van der Waals surface area contributed by atoms with Crippen LogP contribution < -0.4 is 4.74 Å². The number of nitro benzene ring substituents is 1. The summed E-state index contributed by atoms with van der Waals surface area (Å²) in [6.45, 7) is 0. The number of para-hydroxylation sites is 1. The van der Waals surface area contributed by atoms with Gasteiger partial charge in [-0.1, -0.05) is 29.3 Å². The Morgan fingerprint density at radius 2 is 1.79 bits per heavy atom. The second kappa shape index (κ2) is 5.42. The van der Waals surface area contributed by atoms with Crippen LogP contribution in [0.5, 0.6) is 11.5 Å². The van der Waals surface area contributed by atoms with Crippen LogP contribution in [0.4, 0.5) is 10.1 Å². The number of nitro groups is 1. The summed E-state index contributed by atoms with van der Waals surface area (Å²) in [4.78, 5) is 9.95. The van der Waals surface area contributed by atoms with Gasteiger partial charge in [0, 0.05) is 10.0 Å². The summed E-state index contributed by atoms with van der Waals surface area (Å²) in [6.07, 6.45) is 0. The van der Waals surface area contributed by atoms with E-state index in [1.54, 1.807) is 0 Å². The molecule has 0 bridgehead atoms. The summed E-state index contributed by atoms with van der Waals surface area (Å²) in [5, 5.41) is 11.4. The van der Waals surface area contributed by atoms with E-state index in [0.717, 1.165) is 6.07 Å². The van der Waals surface area contributed by atoms with Crippen LogP contribution in [-0.2, 0) is 0 Å². The molecular weight excluding hydrogens is 296 g/mol. The zero-order valence-electron chi connectivity index (χ0n) is 9.27. The average molecular weight is 302 g/mol. The maximum Gasteiger partial charge on any atom is 0.346 e. The van der Waals surface area contributed by atoms with E-state index < -0.39 is 16.4 Å². The molecule has 0 aromatic heterocycles. The van der Waals surface area contributed by atoms with Gasteiger partial charge in [-0.05, 0) is 30.3 Å². The first-order chi connectivity index (χ1) is 8.97. The molecule has 2 aromatic rings. The van der Waals surface area contributed by atoms with Crippen LogP contribution in [0.2, 0.25) is 10.0 Å². The predicted octanol–water partition coefficient (Wildman–Crippen LogP) is 4.83. The number of halogens is 3. The van der Waals surface area contributed by atoms with Crippen LogP contribution >= 0.6 is 23.2 Å². The summed E-state index contributed by atoms with van der Waals surface area (Å²) < 4.78 is 18.7. The number of rotatable bonds is 3. The van der Waals surface area contributed by atoms with Crippen LogP contribution in [0.3, 0.4) is 0 Å². The van der Waals surface area contributed by atoms with Crippen molar-refractivity contribution < 1.29 is 14.1 Å². The first kappa shape index (κ1) is 13.6. The summed E-state index contributed by atoms with van der Waals surface area (Å²) in [6, 6.07) is 7.90. The molecule has 0 aliphatic rings. The Kier molecular flexibility index (Phi) is 3.87. The number of benzene rings is 2. The molecule has 0 saturated heterocycles. The van der Waals surface area contributed by atoms with Gasteiger partial charge >= 0.3 is 5.69 Å². The van der Waals surface area contributed by atoms with E-state index in [1.165, 1.54) is 30.3 Å². The molecule has 0 unspecified atom stereocenters. The van der Waals surface area contributed by atoms with Gasteiger partial charge in [0.15, 0.2) is 0 Å². The van der Waals surface area contributed by atoms with E-state index >= 15 is 0 Å². The largest absolute Gasteiger partial charge is 0.450 e. The molecule has 0 spiro atoms. The molecule has 7 heteroatoms. The third kappa shape index (κ3) is 3.13. The molecule has 0 aliphatic heterocycles. The average Bonchev–Trinajstić information content (AvgIpc) is 2.26. The van der Waals surface area contributed by atoms with Crippen LogP contribution in [-0.4, -0.2) is 4.92 Å². The monoisotopic (exact) mass is 301 g/mol. The maximum atomic E-state index is 13.4. The van der Waals surface area contributed by atoms with Crippen LogP contribution in [0.15, 0.2) is 36.4 Å². The lowest BCUT2D eigenvalue weighted by Gasteiger charge is -2.07. The predicted molar refractivity (Wildman–Crippen MR) is 69.6 cm³/mol. The van der Waals surface area contributed by atoms with Crippen LogP contribution in [0, 0.1) is 15.9 Å². The quantitative estimate of drug-likeness (QED) is 0.602. The second-order valence-corrected chi connectivity index (χ2v) is 4.42. The smallest absolute Gasteiger partial charge is 0.346 e. The lowest BCUT2D eigenvalue weighted by molar-refractivity contribution is -0.388. The van der Waals surface area contributed by atoms with Crippen molar-refractivity contribution >= 4 is 28.9 Å². The molecule has 0 heterocycles. The SMILES string of the molecule is O=[N+]([O-])c1c(F)cccc1Oc1cc(Cl)cc(Cl)c1.